The first-order chi connectivity index (χ1) is 6.79. The molecular weight excluding hydrogens is 302 g/mol. The molecule has 0 saturated heterocycles. The largest absolute Gasteiger partial charge is 0.520 e. The lowest BCUT2D eigenvalue weighted by atomic mass is 9.95. The first-order valence-corrected chi connectivity index (χ1v) is 4.95. The number of rotatable bonds is 3. The zero-order chi connectivity index (χ0) is 11.6. The lowest BCUT2D eigenvalue weighted by Gasteiger charge is -2.16. The van der Waals surface area contributed by atoms with Crippen molar-refractivity contribution in [3.05, 3.63) is 27.4 Å². The molecule has 0 atom stereocenters. The number of hydrogen-bond acceptors (Lipinski definition) is 1. The van der Waals surface area contributed by atoms with Gasteiger partial charge in [-0.15, -0.1) is 0 Å². The first-order valence-electron chi connectivity index (χ1n) is 3.78. The smallest absolute Gasteiger partial charge is 0.515 e. The van der Waals surface area contributed by atoms with Gasteiger partial charge < -0.3 is 17.7 Å². The van der Waals surface area contributed by atoms with Gasteiger partial charge in [-0.25, -0.2) is 4.39 Å². The van der Waals surface area contributed by atoms with Gasteiger partial charge in [0, 0.05) is 6.07 Å². The highest BCUT2D eigenvalue weighted by molar-refractivity contribution is 9.10. The van der Waals surface area contributed by atoms with Crippen LogP contribution in [0.2, 0.25) is 5.02 Å². The fourth-order valence-electron chi connectivity index (χ4n) is 0.799. The average Bonchev–Trinajstić information content (AvgIpc) is 2.07. The van der Waals surface area contributed by atoms with Crippen molar-refractivity contribution in [1.29, 1.82) is 0 Å². The summed E-state index contributed by atoms with van der Waals surface area (Å²) >= 11 is 8.31. The molecule has 0 N–H and O–H groups in total. The molecule has 0 aliphatic carbocycles. The van der Waals surface area contributed by atoms with Gasteiger partial charge in [0.1, 0.15) is 11.6 Å². The summed E-state index contributed by atoms with van der Waals surface area (Å²) in [6.45, 7) is -6.48. The van der Waals surface area contributed by atoms with Crippen molar-refractivity contribution in [2.24, 2.45) is 0 Å². The van der Waals surface area contributed by atoms with E-state index in [4.69, 9.17) is 11.6 Å². The molecule has 0 aliphatic rings. The van der Waals surface area contributed by atoms with Crippen LogP contribution in [-0.4, -0.2) is 13.5 Å². The summed E-state index contributed by atoms with van der Waals surface area (Å²) in [6, 6.07) is 1.93. The summed E-state index contributed by atoms with van der Waals surface area (Å²) in [4.78, 5) is 0. The fraction of sp³-hybridized carbons (Fsp3) is 0.143. The van der Waals surface area contributed by atoms with Crippen molar-refractivity contribution in [3.63, 3.8) is 0 Å². The van der Waals surface area contributed by atoms with Gasteiger partial charge in [-0.3, -0.25) is 0 Å². The van der Waals surface area contributed by atoms with Crippen molar-refractivity contribution in [2.75, 3.05) is 6.51 Å². The van der Waals surface area contributed by atoms with E-state index in [-0.39, 0.29) is 15.2 Å². The lowest BCUT2D eigenvalue weighted by Crippen LogP contribution is -2.26. The second-order valence-electron chi connectivity index (χ2n) is 2.72. The third-order valence-corrected chi connectivity index (χ3v) is 2.31. The molecule has 0 spiro atoms. The number of ether oxygens (including phenoxy) is 1. The number of hydrogen-bond donors (Lipinski definition) is 0. The van der Waals surface area contributed by atoms with Crippen molar-refractivity contribution in [3.8, 4) is 5.75 Å². The molecule has 0 amide bonds. The molecule has 0 aliphatic heterocycles. The van der Waals surface area contributed by atoms with Gasteiger partial charge in [0.05, 0.1) is 16.0 Å². The molecule has 1 rings (SSSR count). The zero-order valence-corrected chi connectivity index (χ0v) is 9.46. The molecule has 8 heteroatoms. The highest BCUT2D eigenvalue weighted by Crippen LogP contribution is 2.31. The highest BCUT2D eigenvalue weighted by Gasteiger charge is 2.24. The van der Waals surface area contributed by atoms with E-state index in [0.717, 1.165) is 12.1 Å². The van der Waals surface area contributed by atoms with E-state index in [2.05, 4.69) is 20.7 Å². The molecule has 0 bridgehead atoms. The Bertz CT molecular complexity index is 371. The molecule has 1 aromatic rings. The molecule has 0 heterocycles. The minimum Gasteiger partial charge on any atom is -0.520 e. The Morgan fingerprint density at radius 3 is 2.47 bits per heavy atom. The van der Waals surface area contributed by atoms with Crippen LogP contribution in [0.1, 0.15) is 0 Å². The van der Waals surface area contributed by atoms with Crippen LogP contribution in [0, 0.1) is 5.82 Å². The average molecular weight is 306 g/mol. The number of halogens is 6. The fourth-order valence-corrected chi connectivity index (χ4v) is 1.55. The highest BCUT2D eigenvalue weighted by atomic mass is 79.9. The van der Waals surface area contributed by atoms with Gasteiger partial charge in [-0.1, -0.05) is 11.6 Å². The van der Waals surface area contributed by atoms with E-state index >= 15 is 0 Å². The molecular formula is C7H4BBrClF4O-. The number of benzene rings is 1. The Hall–Kier alpha value is -0.425. The quantitative estimate of drug-likeness (QED) is 0.466. The van der Waals surface area contributed by atoms with Gasteiger partial charge in [-0.05, 0) is 22.0 Å². The van der Waals surface area contributed by atoms with Gasteiger partial charge >= 0.3 is 6.98 Å². The summed E-state index contributed by atoms with van der Waals surface area (Å²) in [6.07, 6.45) is 0. The predicted octanol–water partition coefficient (Wildman–Crippen LogP) is 4.01. The normalized spacial score (nSPS) is 11.6. The summed E-state index contributed by atoms with van der Waals surface area (Å²) in [5, 5.41) is -0.188. The van der Waals surface area contributed by atoms with Gasteiger partial charge in [0.15, 0.2) is 0 Å². The maximum absolute atomic E-state index is 12.9. The van der Waals surface area contributed by atoms with E-state index in [9.17, 15) is 17.3 Å². The molecule has 0 aromatic heterocycles. The van der Waals surface area contributed by atoms with Crippen LogP contribution >= 0.6 is 27.5 Å². The van der Waals surface area contributed by atoms with Crippen molar-refractivity contribution >= 4 is 34.5 Å². The van der Waals surface area contributed by atoms with Crippen LogP contribution in [-0.2, 0) is 0 Å². The van der Waals surface area contributed by atoms with Crippen LogP contribution in [0.3, 0.4) is 0 Å². The molecule has 0 unspecified atom stereocenters. The maximum atomic E-state index is 12.9. The summed E-state index contributed by atoms with van der Waals surface area (Å²) in [7, 11) is 0. The van der Waals surface area contributed by atoms with Gasteiger partial charge in [0.2, 0.25) is 0 Å². The maximum Gasteiger partial charge on any atom is 0.515 e. The SMILES string of the molecule is Fc1cc(OC[B-](F)(F)F)c(Br)cc1Cl. The Labute approximate surface area is 96.5 Å². The second-order valence-corrected chi connectivity index (χ2v) is 3.98. The molecule has 0 radical (unpaired) electrons. The first kappa shape index (κ1) is 12.6. The van der Waals surface area contributed by atoms with Crippen LogP contribution < -0.4 is 4.74 Å². The molecule has 1 aromatic carbocycles. The summed E-state index contributed by atoms with van der Waals surface area (Å²) < 4.78 is 53.0. The Morgan fingerprint density at radius 1 is 1.33 bits per heavy atom. The standard InChI is InChI=1S/C7H4BBrClF4O/c9-4-1-5(10)6(11)2-7(4)15-3-8(12,13)14/h1-2H,3H2/q-1. The van der Waals surface area contributed by atoms with Crippen LogP contribution in [0.25, 0.3) is 0 Å². The lowest BCUT2D eigenvalue weighted by molar-refractivity contribution is 0.310. The summed E-state index contributed by atoms with van der Waals surface area (Å²) in [5.74, 6) is -1.05. The van der Waals surface area contributed by atoms with Crippen LogP contribution in [0.15, 0.2) is 16.6 Å². The van der Waals surface area contributed by atoms with Crippen molar-refractivity contribution in [2.45, 2.75) is 0 Å². The minimum absolute atomic E-state index is 0.175. The van der Waals surface area contributed by atoms with E-state index < -0.39 is 19.3 Å². The molecule has 84 valence electrons. The second kappa shape index (κ2) is 4.61. The van der Waals surface area contributed by atoms with E-state index in [1.165, 1.54) is 0 Å². The van der Waals surface area contributed by atoms with E-state index in [1.54, 1.807) is 0 Å². The Kier molecular flexibility index (Phi) is 3.89. The third kappa shape index (κ3) is 3.91. The Morgan fingerprint density at radius 2 is 1.93 bits per heavy atom. The minimum atomic E-state index is -5.06. The zero-order valence-electron chi connectivity index (χ0n) is 7.12. The molecule has 0 saturated carbocycles. The molecule has 15 heavy (non-hydrogen) atoms. The van der Waals surface area contributed by atoms with Crippen LogP contribution in [0.4, 0.5) is 17.3 Å². The topological polar surface area (TPSA) is 9.23 Å². The predicted molar refractivity (Wildman–Crippen MR) is 53.7 cm³/mol. The van der Waals surface area contributed by atoms with E-state index in [1.807, 2.05) is 0 Å². The molecule has 0 fully saturated rings. The Balaban J connectivity index is 2.82. The van der Waals surface area contributed by atoms with Crippen LogP contribution in [0.5, 0.6) is 5.75 Å². The van der Waals surface area contributed by atoms with E-state index in [0.29, 0.717) is 0 Å². The van der Waals surface area contributed by atoms with Gasteiger partial charge in [-0.2, -0.15) is 0 Å². The van der Waals surface area contributed by atoms with Crippen molar-refractivity contribution in [1.82, 2.24) is 0 Å². The molecule has 1 nitrogen and oxygen atoms in total. The third-order valence-electron chi connectivity index (χ3n) is 1.40. The monoisotopic (exact) mass is 305 g/mol. The van der Waals surface area contributed by atoms with Crippen molar-refractivity contribution < 1.29 is 22.1 Å². The van der Waals surface area contributed by atoms with Gasteiger partial charge in [0.25, 0.3) is 0 Å². The summed E-state index contributed by atoms with van der Waals surface area (Å²) in [5.41, 5.74) is 0.